The maximum atomic E-state index is 5.53. The topological polar surface area (TPSA) is 17.4 Å². The van der Waals surface area contributed by atoms with Crippen molar-refractivity contribution >= 4 is 10.9 Å². The predicted octanol–water partition coefficient (Wildman–Crippen LogP) is 2.38. The minimum Gasteiger partial charge on any atom is -0.362 e. The van der Waals surface area contributed by atoms with Crippen LogP contribution in [-0.2, 0) is 11.8 Å². The fourth-order valence-electron chi connectivity index (χ4n) is 2.19. The number of hydrogen-bond donors (Lipinski definition) is 0. The van der Waals surface area contributed by atoms with Crippen LogP contribution in [0.25, 0.3) is 10.9 Å². The number of rotatable bonds is 3. The lowest BCUT2D eigenvalue weighted by Crippen LogP contribution is -2.21. The molecule has 86 valence electrons. The van der Waals surface area contributed by atoms with E-state index in [2.05, 4.69) is 47.0 Å². The zero-order valence-electron chi connectivity index (χ0n) is 10.3. The molecule has 0 radical (unpaired) electrons. The second-order valence-corrected chi connectivity index (χ2v) is 4.26. The van der Waals surface area contributed by atoms with Crippen molar-refractivity contribution in [3.05, 3.63) is 36.0 Å². The quantitative estimate of drug-likeness (QED) is 0.736. The molecule has 0 aliphatic carbocycles. The fourth-order valence-corrected chi connectivity index (χ4v) is 2.19. The molecule has 0 saturated carbocycles. The molecule has 0 N–H and O–H groups in total. The Morgan fingerprint density at radius 2 is 1.94 bits per heavy atom. The third kappa shape index (κ3) is 1.72. The molecule has 0 saturated heterocycles. The molecule has 0 bridgehead atoms. The molecule has 2 rings (SSSR count). The Labute approximate surface area is 96.2 Å². The van der Waals surface area contributed by atoms with E-state index in [0.717, 1.165) is 0 Å². The summed E-state index contributed by atoms with van der Waals surface area (Å²) in [6.45, 7) is 0. The summed E-state index contributed by atoms with van der Waals surface area (Å²) in [6.07, 6.45) is 2.14. The fraction of sp³-hybridized carbons (Fsp3) is 0.385. The number of nitrogens with zero attached hydrogens (tertiary/aromatic N) is 2. The average molecular weight is 218 g/mol. The van der Waals surface area contributed by atoms with Crippen LogP contribution in [0.5, 0.6) is 0 Å². The molecule has 0 aliphatic heterocycles. The van der Waals surface area contributed by atoms with Crippen molar-refractivity contribution in [1.82, 2.24) is 9.47 Å². The zero-order chi connectivity index (χ0) is 11.7. The van der Waals surface area contributed by atoms with Gasteiger partial charge in [-0.3, -0.25) is 4.90 Å². The van der Waals surface area contributed by atoms with E-state index in [0.29, 0.717) is 0 Å². The van der Waals surface area contributed by atoms with E-state index in [1.165, 1.54) is 16.5 Å². The number of ether oxygens (including phenoxy) is 1. The van der Waals surface area contributed by atoms with Gasteiger partial charge in [-0.05, 0) is 20.2 Å². The van der Waals surface area contributed by atoms with E-state index >= 15 is 0 Å². The maximum absolute atomic E-state index is 5.53. The van der Waals surface area contributed by atoms with E-state index < -0.39 is 0 Å². The SMILES string of the molecule is COC(c1cn(C)c2ccccc12)N(C)C. The van der Waals surface area contributed by atoms with Crippen molar-refractivity contribution in [3.8, 4) is 0 Å². The van der Waals surface area contributed by atoms with Gasteiger partial charge in [-0.2, -0.15) is 0 Å². The standard InChI is InChI=1S/C13H18N2O/c1-14(2)13(16-4)11-9-15(3)12-8-6-5-7-10(11)12/h5-9,13H,1-4H3. The van der Waals surface area contributed by atoms with Gasteiger partial charge >= 0.3 is 0 Å². The predicted molar refractivity (Wildman–Crippen MR) is 66.4 cm³/mol. The summed E-state index contributed by atoms with van der Waals surface area (Å²) in [5.74, 6) is 0. The molecule has 3 heteroatoms. The number of hydrogen-bond acceptors (Lipinski definition) is 2. The van der Waals surface area contributed by atoms with Crippen molar-refractivity contribution in [2.75, 3.05) is 21.2 Å². The molecule has 3 nitrogen and oxygen atoms in total. The largest absolute Gasteiger partial charge is 0.362 e. The molecule has 0 fully saturated rings. The first-order valence-corrected chi connectivity index (χ1v) is 5.38. The van der Waals surface area contributed by atoms with Crippen LogP contribution >= 0.6 is 0 Å². The normalized spacial score (nSPS) is 13.6. The maximum Gasteiger partial charge on any atom is 0.137 e. The van der Waals surface area contributed by atoms with Gasteiger partial charge in [-0.15, -0.1) is 0 Å². The molecular formula is C13H18N2O. The lowest BCUT2D eigenvalue weighted by atomic mass is 10.1. The molecule has 2 aromatic rings. The monoisotopic (exact) mass is 218 g/mol. The van der Waals surface area contributed by atoms with Crippen LogP contribution < -0.4 is 0 Å². The lowest BCUT2D eigenvalue weighted by Gasteiger charge is -2.22. The van der Waals surface area contributed by atoms with Gasteiger partial charge in [-0.25, -0.2) is 0 Å². The number of fused-ring (bicyclic) bond motifs is 1. The van der Waals surface area contributed by atoms with Gasteiger partial charge in [0, 0.05) is 36.8 Å². The Hall–Kier alpha value is -1.32. The van der Waals surface area contributed by atoms with Crippen molar-refractivity contribution in [2.45, 2.75) is 6.23 Å². The molecule has 1 aromatic carbocycles. The van der Waals surface area contributed by atoms with Crippen LogP contribution in [0.2, 0.25) is 0 Å². The molecule has 0 amide bonds. The second kappa shape index (κ2) is 4.28. The summed E-state index contributed by atoms with van der Waals surface area (Å²) in [5.41, 5.74) is 2.45. The molecular weight excluding hydrogens is 200 g/mol. The number of aromatic nitrogens is 1. The van der Waals surface area contributed by atoms with Crippen LogP contribution in [-0.4, -0.2) is 30.7 Å². The first-order chi connectivity index (χ1) is 7.65. The smallest absolute Gasteiger partial charge is 0.137 e. The molecule has 1 heterocycles. The summed E-state index contributed by atoms with van der Waals surface area (Å²) in [4.78, 5) is 2.07. The third-order valence-electron chi connectivity index (χ3n) is 2.89. The zero-order valence-corrected chi connectivity index (χ0v) is 10.3. The summed E-state index contributed by atoms with van der Waals surface area (Å²) < 4.78 is 7.67. The summed E-state index contributed by atoms with van der Waals surface area (Å²) in [5, 5.41) is 1.26. The van der Waals surface area contributed by atoms with E-state index in [1.807, 2.05) is 14.1 Å². The second-order valence-electron chi connectivity index (χ2n) is 4.26. The Morgan fingerprint density at radius 1 is 1.25 bits per heavy atom. The van der Waals surface area contributed by atoms with Crippen LogP contribution in [0.4, 0.5) is 0 Å². The Kier molecular flexibility index (Phi) is 2.99. The molecule has 1 aromatic heterocycles. The Bertz CT molecular complexity index is 488. The molecule has 0 aliphatic rings. The first kappa shape index (κ1) is 11.2. The van der Waals surface area contributed by atoms with E-state index in [-0.39, 0.29) is 6.23 Å². The summed E-state index contributed by atoms with van der Waals surface area (Å²) in [7, 11) is 7.85. The first-order valence-electron chi connectivity index (χ1n) is 5.38. The van der Waals surface area contributed by atoms with Crippen LogP contribution in [0.15, 0.2) is 30.5 Å². The van der Waals surface area contributed by atoms with Gasteiger partial charge in [0.2, 0.25) is 0 Å². The van der Waals surface area contributed by atoms with E-state index in [9.17, 15) is 0 Å². The van der Waals surface area contributed by atoms with Crippen LogP contribution in [0.1, 0.15) is 11.8 Å². The van der Waals surface area contributed by atoms with Gasteiger partial charge in [0.15, 0.2) is 0 Å². The number of benzene rings is 1. The molecule has 0 spiro atoms. The van der Waals surface area contributed by atoms with Crippen molar-refractivity contribution in [3.63, 3.8) is 0 Å². The van der Waals surface area contributed by atoms with Gasteiger partial charge in [0.05, 0.1) is 0 Å². The van der Waals surface area contributed by atoms with E-state index in [1.54, 1.807) is 7.11 Å². The lowest BCUT2D eigenvalue weighted by molar-refractivity contribution is -0.00441. The highest BCUT2D eigenvalue weighted by atomic mass is 16.5. The third-order valence-corrected chi connectivity index (χ3v) is 2.89. The van der Waals surface area contributed by atoms with Crippen molar-refractivity contribution in [1.29, 1.82) is 0 Å². The van der Waals surface area contributed by atoms with Gasteiger partial charge in [0.1, 0.15) is 6.23 Å². The van der Waals surface area contributed by atoms with Gasteiger partial charge in [0.25, 0.3) is 0 Å². The summed E-state index contributed by atoms with van der Waals surface area (Å²) >= 11 is 0. The highest BCUT2D eigenvalue weighted by molar-refractivity contribution is 5.84. The average Bonchev–Trinajstić information content (AvgIpc) is 2.58. The van der Waals surface area contributed by atoms with Gasteiger partial charge in [-0.1, -0.05) is 18.2 Å². The molecule has 1 atom stereocenters. The van der Waals surface area contributed by atoms with Crippen molar-refractivity contribution < 1.29 is 4.74 Å². The molecule has 1 unspecified atom stereocenters. The highest BCUT2D eigenvalue weighted by Crippen LogP contribution is 2.28. The summed E-state index contributed by atoms with van der Waals surface area (Å²) in [6, 6.07) is 8.39. The Balaban J connectivity index is 2.60. The number of para-hydroxylation sites is 1. The van der Waals surface area contributed by atoms with Gasteiger partial charge < -0.3 is 9.30 Å². The van der Waals surface area contributed by atoms with Crippen LogP contribution in [0, 0.1) is 0 Å². The van der Waals surface area contributed by atoms with Crippen molar-refractivity contribution in [2.24, 2.45) is 7.05 Å². The minimum absolute atomic E-state index is 0.00565. The van der Waals surface area contributed by atoms with Crippen LogP contribution in [0.3, 0.4) is 0 Å². The van der Waals surface area contributed by atoms with E-state index in [4.69, 9.17) is 4.74 Å². The number of aryl methyl sites for hydroxylation is 1. The Morgan fingerprint density at radius 3 is 2.56 bits per heavy atom. The molecule has 16 heavy (non-hydrogen) atoms. The minimum atomic E-state index is 0.00565. The number of methoxy groups -OCH3 is 1. The highest BCUT2D eigenvalue weighted by Gasteiger charge is 2.17.